The molecule has 1 aliphatic rings. The van der Waals surface area contributed by atoms with Gasteiger partial charge in [-0.1, -0.05) is 45.0 Å². The number of nitrogens with one attached hydrogen (secondary N) is 1. The zero-order chi connectivity index (χ0) is 14.5. The van der Waals surface area contributed by atoms with E-state index in [-0.39, 0.29) is 0 Å². The zero-order valence-corrected chi connectivity index (χ0v) is 13.5. The van der Waals surface area contributed by atoms with Gasteiger partial charge >= 0.3 is 0 Å². The topological polar surface area (TPSA) is 15.3 Å². The van der Waals surface area contributed by atoms with Crippen LogP contribution in [0.5, 0.6) is 0 Å². The van der Waals surface area contributed by atoms with E-state index in [9.17, 15) is 0 Å². The van der Waals surface area contributed by atoms with Crippen LogP contribution in [0.25, 0.3) is 0 Å². The first kappa shape index (κ1) is 15.5. The minimum absolute atomic E-state index is 0.578. The average molecular weight is 274 g/mol. The summed E-state index contributed by atoms with van der Waals surface area (Å²) in [5.74, 6) is 0.683. The van der Waals surface area contributed by atoms with Crippen LogP contribution in [0.4, 0.5) is 0 Å². The summed E-state index contributed by atoms with van der Waals surface area (Å²) >= 11 is 0. The van der Waals surface area contributed by atoms with Gasteiger partial charge in [0.1, 0.15) is 0 Å². The van der Waals surface area contributed by atoms with Gasteiger partial charge in [0.15, 0.2) is 0 Å². The fourth-order valence-electron chi connectivity index (χ4n) is 3.03. The lowest BCUT2D eigenvalue weighted by atomic mass is 10.0. The molecular formula is C18H30N2. The number of benzene rings is 1. The summed E-state index contributed by atoms with van der Waals surface area (Å²) in [6, 6.07) is 10.2. The lowest BCUT2D eigenvalue weighted by Gasteiger charge is -2.33. The minimum atomic E-state index is 0.578. The highest BCUT2D eigenvalue weighted by Crippen LogP contribution is 2.22. The molecule has 0 saturated carbocycles. The van der Waals surface area contributed by atoms with Crippen molar-refractivity contribution in [2.45, 2.75) is 59.2 Å². The molecule has 2 rings (SSSR count). The summed E-state index contributed by atoms with van der Waals surface area (Å²) in [7, 11) is 0. The van der Waals surface area contributed by atoms with Crippen molar-refractivity contribution in [1.29, 1.82) is 0 Å². The molecule has 0 spiro atoms. The highest BCUT2D eigenvalue weighted by atomic mass is 15.2. The molecule has 0 amide bonds. The smallest absolute Gasteiger partial charge is 0.0239 e. The number of nitrogens with zero attached hydrogens (tertiary/aromatic N) is 1. The number of rotatable bonds is 5. The molecule has 1 aliphatic heterocycles. The highest BCUT2D eigenvalue weighted by molar-refractivity contribution is 5.28. The number of hydrogen-bond acceptors (Lipinski definition) is 2. The van der Waals surface area contributed by atoms with Crippen molar-refractivity contribution in [1.82, 2.24) is 10.2 Å². The van der Waals surface area contributed by atoms with Gasteiger partial charge in [-0.3, -0.25) is 4.90 Å². The molecule has 2 atom stereocenters. The maximum atomic E-state index is 3.57. The Morgan fingerprint density at radius 1 is 1.10 bits per heavy atom. The van der Waals surface area contributed by atoms with Crippen LogP contribution in [0.3, 0.4) is 0 Å². The Kier molecular flexibility index (Phi) is 5.62. The second-order valence-corrected chi connectivity index (χ2v) is 6.62. The largest absolute Gasteiger partial charge is 0.314 e. The van der Waals surface area contributed by atoms with Gasteiger partial charge in [0.2, 0.25) is 0 Å². The van der Waals surface area contributed by atoms with Crippen LogP contribution in [0.1, 0.15) is 45.2 Å². The molecule has 0 aliphatic carbocycles. The van der Waals surface area contributed by atoms with Crippen molar-refractivity contribution in [2.24, 2.45) is 5.92 Å². The monoisotopic (exact) mass is 274 g/mol. The minimum Gasteiger partial charge on any atom is -0.314 e. The van der Waals surface area contributed by atoms with Gasteiger partial charge in [0.05, 0.1) is 0 Å². The third kappa shape index (κ3) is 4.07. The van der Waals surface area contributed by atoms with Gasteiger partial charge in [-0.15, -0.1) is 0 Å². The van der Waals surface area contributed by atoms with E-state index in [1.165, 1.54) is 24.9 Å². The first-order valence-electron chi connectivity index (χ1n) is 8.12. The van der Waals surface area contributed by atoms with Gasteiger partial charge in [0, 0.05) is 18.6 Å². The fraction of sp³-hybridized carbons (Fsp3) is 0.667. The van der Waals surface area contributed by atoms with Crippen molar-refractivity contribution in [2.75, 3.05) is 13.1 Å². The van der Waals surface area contributed by atoms with Crippen LogP contribution >= 0.6 is 0 Å². The normalized spacial score (nSPS) is 19.4. The molecule has 20 heavy (non-hydrogen) atoms. The second-order valence-electron chi connectivity index (χ2n) is 6.62. The molecule has 0 fully saturated rings. The Labute approximate surface area is 124 Å². The zero-order valence-electron chi connectivity index (χ0n) is 13.5. The van der Waals surface area contributed by atoms with Gasteiger partial charge in [0.25, 0.3) is 0 Å². The Hall–Kier alpha value is -0.860. The lowest BCUT2D eigenvalue weighted by molar-refractivity contribution is 0.152. The Morgan fingerprint density at radius 2 is 1.80 bits per heavy atom. The van der Waals surface area contributed by atoms with E-state index in [0.717, 1.165) is 13.1 Å². The van der Waals surface area contributed by atoms with Gasteiger partial charge < -0.3 is 5.32 Å². The molecule has 1 aromatic carbocycles. The molecule has 1 N–H and O–H groups in total. The van der Waals surface area contributed by atoms with E-state index in [0.29, 0.717) is 18.0 Å². The van der Waals surface area contributed by atoms with Crippen molar-refractivity contribution < 1.29 is 0 Å². The molecule has 0 bridgehead atoms. The summed E-state index contributed by atoms with van der Waals surface area (Å²) in [4.78, 5) is 2.67. The summed E-state index contributed by atoms with van der Waals surface area (Å²) < 4.78 is 0. The summed E-state index contributed by atoms with van der Waals surface area (Å²) in [6.45, 7) is 12.7. The first-order valence-corrected chi connectivity index (χ1v) is 8.12. The van der Waals surface area contributed by atoms with E-state index in [1.54, 1.807) is 5.56 Å². The third-order valence-electron chi connectivity index (χ3n) is 4.63. The molecule has 112 valence electrons. The quantitative estimate of drug-likeness (QED) is 0.884. The lowest BCUT2D eigenvalue weighted by Crippen LogP contribution is -2.42. The fourth-order valence-corrected chi connectivity index (χ4v) is 3.03. The van der Waals surface area contributed by atoms with Crippen molar-refractivity contribution in [3.05, 3.63) is 35.4 Å². The molecule has 1 aromatic rings. The summed E-state index contributed by atoms with van der Waals surface area (Å²) in [6.07, 6.45) is 2.52. The van der Waals surface area contributed by atoms with Gasteiger partial charge in [-0.2, -0.15) is 0 Å². The van der Waals surface area contributed by atoms with Crippen molar-refractivity contribution in [3.63, 3.8) is 0 Å². The van der Waals surface area contributed by atoms with Crippen LogP contribution < -0.4 is 5.32 Å². The maximum Gasteiger partial charge on any atom is 0.0239 e. The van der Waals surface area contributed by atoms with Crippen LogP contribution in [0.15, 0.2) is 24.3 Å². The molecule has 0 aromatic heterocycles. The van der Waals surface area contributed by atoms with E-state index in [1.807, 2.05) is 0 Å². The van der Waals surface area contributed by atoms with Crippen LogP contribution in [-0.4, -0.2) is 30.1 Å². The summed E-state index contributed by atoms with van der Waals surface area (Å²) in [5.41, 5.74) is 3.08. The standard InChI is InChI=1S/C18H30N2/c1-14(2)19-12-15(3)16(4)20-11-7-10-17-8-5-6-9-18(17)13-20/h5-6,8-9,14-16,19H,7,10-13H2,1-4H3. The van der Waals surface area contributed by atoms with E-state index in [4.69, 9.17) is 0 Å². The molecule has 2 heteroatoms. The predicted octanol–water partition coefficient (Wildman–Crippen LogP) is 3.46. The first-order chi connectivity index (χ1) is 9.58. The van der Waals surface area contributed by atoms with Crippen molar-refractivity contribution in [3.8, 4) is 0 Å². The van der Waals surface area contributed by atoms with E-state index >= 15 is 0 Å². The summed E-state index contributed by atoms with van der Waals surface area (Å²) in [5, 5.41) is 3.57. The Balaban J connectivity index is 1.98. The SMILES string of the molecule is CC(C)NCC(C)C(C)N1CCCc2ccccc2C1. The highest BCUT2D eigenvalue weighted by Gasteiger charge is 2.22. The third-order valence-corrected chi connectivity index (χ3v) is 4.63. The van der Waals surface area contributed by atoms with E-state index in [2.05, 4.69) is 62.2 Å². The van der Waals surface area contributed by atoms with E-state index < -0.39 is 0 Å². The predicted molar refractivity (Wildman–Crippen MR) is 86.9 cm³/mol. The number of hydrogen-bond donors (Lipinski definition) is 1. The van der Waals surface area contributed by atoms with Gasteiger partial charge in [-0.25, -0.2) is 0 Å². The van der Waals surface area contributed by atoms with Crippen LogP contribution in [0, 0.1) is 5.92 Å². The van der Waals surface area contributed by atoms with Crippen LogP contribution in [-0.2, 0) is 13.0 Å². The second kappa shape index (κ2) is 7.24. The maximum absolute atomic E-state index is 3.57. The van der Waals surface area contributed by atoms with Crippen LogP contribution in [0.2, 0.25) is 0 Å². The molecule has 0 radical (unpaired) electrons. The van der Waals surface area contributed by atoms with Crippen molar-refractivity contribution >= 4 is 0 Å². The molecule has 0 saturated heterocycles. The Morgan fingerprint density at radius 3 is 2.50 bits per heavy atom. The average Bonchev–Trinajstić information content (AvgIpc) is 2.65. The molecular weight excluding hydrogens is 244 g/mol. The molecule has 2 nitrogen and oxygen atoms in total. The number of fused-ring (bicyclic) bond motifs is 1. The molecule has 2 unspecified atom stereocenters. The number of aryl methyl sites for hydroxylation is 1. The Bertz CT molecular complexity index is 414. The molecule has 1 heterocycles. The van der Waals surface area contributed by atoms with Gasteiger partial charge in [-0.05, 0) is 49.9 Å².